The number of hydrogen-bond acceptors (Lipinski definition) is 3. The molecular formula is C14H18N2O3. The number of hydrogen-bond donors (Lipinski definition) is 3. The van der Waals surface area contributed by atoms with E-state index in [0.29, 0.717) is 12.2 Å². The number of carboxylic acids is 1. The third kappa shape index (κ3) is 3.12. The Morgan fingerprint density at radius 2 is 2.21 bits per heavy atom. The number of carbonyl (C=O) groups is 2. The first kappa shape index (κ1) is 13.5. The lowest BCUT2D eigenvalue weighted by molar-refractivity contribution is -0.125. The highest BCUT2D eigenvalue weighted by Gasteiger charge is 2.34. The maximum Gasteiger partial charge on any atom is 0.335 e. The Bertz CT molecular complexity index is 493. The van der Waals surface area contributed by atoms with E-state index in [-0.39, 0.29) is 11.5 Å². The Hall–Kier alpha value is -1.88. The van der Waals surface area contributed by atoms with E-state index in [9.17, 15) is 9.59 Å². The Morgan fingerprint density at radius 1 is 1.42 bits per heavy atom. The molecule has 5 heteroatoms. The lowest BCUT2D eigenvalue weighted by Gasteiger charge is -2.32. The van der Waals surface area contributed by atoms with E-state index in [1.807, 2.05) is 6.92 Å². The van der Waals surface area contributed by atoms with Crippen molar-refractivity contribution in [2.45, 2.75) is 19.8 Å². The van der Waals surface area contributed by atoms with Crippen molar-refractivity contribution in [3.63, 3.8) is 0 Å². The van der Waals surface area contributed by atoms with Crippen molar-refractivity contribution in [1.82, 2.24) is 5.32 Å². The predicted molar refractivity (Wildman–Crippen MR) is 72.2 cm³/mol. The Labute approximate surface area is 112 Å². The second-order valence-corrected chi connectivity index (χ2v) is 5.18. The summed E-state index contributed by atoms with van der Waals surface area (Å²) in [7, 11) is 0. The van der Waals surface area contributed by atoms with Crippen molar-refractivity contribution in [3.05, 3.63) is 29.8 Å². The molecule has 1 unspecified atom stereocenters. The SMILES string of the molecule is CC1(C(=O)Nc2cccc(C(=O)O)c2)CCCNC1. The van der Waals surface area contributed by atoms with Gasteiger partial charge in [0.15, 0.2) is 0 Å². The maximum absolute atomic E-state index is 12.3. The predicted octanol–water partition coefficient (Wildman–Crippen LogP) is 1.71. The molecular weight excluding hydrogens is 244 g/mol. The third-order valence-electron chi connectivity index (χ3n) is 3.51. The van der Waals surface area contributed by atoms with Crippen LogP contribution < -0.4 is 10.6 Å². The molecule has 0 saturated carbocycles. The molecule has 3 N–H and O–H groups in total. The minimum Gasteiger partial charge on any atom is -0.478 e. The van der Waals surface area contributed by atoms with Crippen molar-refractivity contribution in [2.75, 3.05) is 18.4 Å². The Kier molecular flexibility index (Phi) is 3.85. The fourth-order valence-corrected chi connectivity index (χ4v) is 2.26. The summed E-state index contributed by atoms with van der Waals surface area (Å²) < 4.78 is 0. The number of anilines is 1. The van der Waals surface area contributed by atoms with Crippen LogP contribution >= 0.6 is 0 Å². The van der Waals surface area contributed by atoms with Gasteiger partial charge in [-0.05, 0) is 44.5 Å². The highest BCUT2D eigenvalue weighted by molar-refractivity contribution is 5.97. The molecule has 1 aromatic rings. The average Bonchev–Trinajstić information content (AvgIpc) is 2.40. The van der Waals surface area contributed by atoms with Crippen LogP contribution in [0.5, 0.6) is 0 Å². The quantitative estimate of drug-likeness (QED) is 0.775. The molecule has 0 aliphatic carbocycles. The molecule has 0 radical (unpaired) electrons. The van der Waals surface area contributed by atoms with Crippen LogP contribution in [-0.4, -0.2) is 30.1 Å². The topological polar surface area (TPSA) is 78.4 Å². The van der Waals surface area contributed by atoms with Crippen LogP contribution in [0, 0.1) is 5.41 Å². The van der Waals surface area contributed by atoms with Crippen molar-refractivity contribution in [2.24, 2.45) is 5.41 Å². The molecule has 1 atom stereocenters. The number of aromatic carboxylic acids is 1. The van der Waals surface area contributed by atoms with Gasteiger partial charge in [-0.1, -0.05) is 6.07 Å². The minimum absolute atomic E-state index is 0.0674. The van der Waals surface area contributed by atoms with Gasteiger partial charge in [0.05, 0.1) is 11.0 Å². The maximum atomic E-state index is 12.3. The van der Waals surface area contributed by atoms with Gasteiger partial charge in [0.2, 0.25) is 5.91 Å². The number of rotatable bonds is 3. The number of amides is 1. The molecule has 102 valence electrons. The van der Waals surface area contributed by atoms with Gasteiger partial charge in [-0.25, -0.2) is 4.79 Å². The van der Waals surface area contributed by atoms with Crippen LogP contribution in [0.4, 0.5) is 5.69 Å². The first-order valence-electron chi connectivity index (χ1n) is 6.37. The van der Waals surface area contributed by atoms with Gasteiger partial charge >= 0.3 is 5.97 Å². The molecule has 0 spiro atoms. The second kappa shape index (κ2) is 5.40. The fourth-order valence-electron chi connectivity index (χ4n) is 2.26. The van der Waals surface area contributed by atoms with E-state index < -0.39 is 11.4 Å². The van der Waals surface area contributed by atoms with Gasteiger partial charge in [-0.2, -0.15) is 0 Å². The van der Waals surface area contributed by atoms with Crippen LogP contribution in [0.1, 0.15) is 30.1 Å². The van der Waals surface area contributed by atoms with Gasteiger partial charge in [0, 0.05) is 12.2 Å². The summed E-state index contributed by atoms with van der Waals surface area (Å²) in [4.78, 5) is 23.2. The molecule has 1 amide bonds. The molecule has 2 rings (SSSR count). The highest BCUT2D eigenvalue weighted by atomic mass is 16.4. The van der Waals surface area contributed by atoms with Gasteiger partial charge < -0.3 is 15.7 Å². The molecule has 5 nitrogen and oxygen atoms in total. The summed E-state index contributed by atoms with van der Waals surface area (Å²) in [6.07, 6.45) is 1.81. The third-order valence-corrected chi connectivity index (χ3v) is 3.51. The summed E-state index contributed by atoms with van der Waals surface area (Å²) in [5.74, 6) is -1.07. The number of piperidine rings is 1. The minimum atomic E-state index is -0.998. The first-order chi connectivity index (χ1) is 9.01. The monoisotopic (exact) mass is 262 g/mol. The smallest absolute Gasteiger partial charge is 0.335 e. The fraction of sp³-hybridized carbons (Fsp3) is 0.429. The zero-order valence-corrected chi connectivity index (χ0v) is 10.9. The van der Waals surface area contributed by atoms with E-state index in [1.165, 1.54) is 12.1 Å². The highest BCUT2D eigenvalue weighted by Crippen LogP contribution is 2.27. The van der Waals surface area contributed by atoms with Crippen molar-refractivity contribution >= 4 is 17.6 Å². The Morgan fingerprint density at radius 3 is 2.84 bits per heavy atom. The number of carboxylic acid groups (broad SMARTS) is 1. The molecule has 1 saturated heterocycles. The molecule has 0 bridgehead atoms. The zero-order chi connectivity index (χ0) is 13.9. The van der Waals surface area contributed by atoms with E-state index in [4.69, 9.17) is 5.11 Å². The molecule has 1 aliphatic heterocycles. The van der Waals surface area contributed by atoms with E-state index in [1.54, 1.807) is 12.1 Å². The van der Waals surface area contributed by atoms with Crippen molar-refractivity contribution in [1.29, 1.82) is 0 Å². The average molecular weight is 262 g/mol. The number of carbonyl (C=O) groups excluding carboxylic acids is 1. The lowest BCUT2D eigenvalue weighted by Crippen LogP contribution is -2.46. The van der Waals surface area contributed by atoms with Gasteiger partial charge in [0.1, 0.15) is 0 Å². The van der Waals surface area contributed by atoms with E-state index in [2.05, 4.69) is 10.6 Å². The molecule has 1 heterocycles. The molecule has 1 aliphatic rings. The summed E-state index contributed by atoms with van der Waals surface area (Å²) >= 11 is 0. The van der Waals surface area contributed by atoms with Crippen molar-refractivity contribution < 1.29 is 14.7 Å². The zero-order valence-electron chi connectivity index (χ0n) is 10.9. The molecule has 19 heavy (non-hydrogen) atoms. The van der Waals surface area contributed by atoms with E-state index >= 15 is 0 Å². The Balaban J connectivity index is 2.10. The summed E-state index contributed by atoms with van der Waals surface area (Å²) in [6.45, 7) is 3.52. The van der Waals surface area contributed by atoms with Crippen LogP contribution in [0.25, 0.3) is 0 Å². The van der Waals surface area contributed by atoms with Gasteiger partial charge in [0.25, 0.3) is 0 Å². The van der Waals surface area contributed by atoms with Gasteiger partial charge in [-0.15, -0.1) is 0 Å². The number of benzene rings is 1. The number of nitrogens with one attached hydrogen (secondary N) is 2. The van der Waals surface area contributed by atoms with Crippen LogP contribution in [-0.2, 0) is 4.79 Å². The van der Waals surface area contributed by atoms with E-state index in [0.717, 1.165) is 19.4 Å². The molecule has 1 fully saturated rings. The van der Waals surface area contributed by atoms with Gasteiger partial charge in [-0.3, -0.25) is 4.79 Å². The van der Waals surface area contributed by atoms with Crippen LogP contribution in [0.3, 0.4) is 0 Å². The first-order valence-corrected chi connectivity index (χ1v) is 6.37. The summed E-state index contributed by atoms with van der Waals surface area (Å²) in [6, 6.07) is 6.30. The summed E-state index contributed by atoms with van der Waals surface area (Å²) in [5.41, 5.74) is 0.263. The van der Waals surface area contributed by atoms with Crippen molar-refractivity contribution in [3.8, 4) is 0 Å². The standard InChI is InChI=1S/C14H18N2O3/c1-14(6-3-7-15-9-14)13(19)16-11-5-2-4-10(8-11)12(17)18/h2,4-5,8,15H,3,6-7,9H2,1H3,(H,16,19)(H,17,18). The largest absolute Gasteiger partial charge is 0.478 e. The van der Waals surface area contributed by atoms with Crippen LogP contribution in [0.15, 0.2) is 24.3 Å². The van der Waals surface area contributed by atoms with Crippen LogP contribution in [0.2, 0.25) is 0 Å². The summed E-state index contributed by atoms with van der Waals surface area (Å²) in [5, 5.41) is 14.9. The lowest BCUT2D eigenvalue weighted by atomic mass is 9.82. The molecule has 0 aromatic heterocycles. The normalized spacial score (nSPS) is 22.8. The molecule has 1 aromatic carbocycles. The second-order valence-electron chi connectivity index (χ2n) is 5.18.